The van der Waals surface area contributed by atoms with Crippen LogP contribution >= 0.6 is 0 Å². The van der Waals surface area contributed by atoms with E-state index in [1.54, 1.807) is 11.0 Å². The zero-order valence-corrected chi connectivity index (χ0v) is 15.3. The van der Waals surface area contributed by atoms with Crippen LogP contribution in [0.5, 0.6) is 0 Å². The van der Waals surface area contributed by atoms with Crippen molar-refractivity contribution in [3.05, 3.63) is 83.1 Å². The lowest BCUT2D eigenvalue weighted by atomic mass is 10.0. The molecule has 0 N–H and O–H groups in total. The molecule has 1 aliphatic rings. The summed E-state index contributed by atoms with van der Waals surface area (Å²) in [5, 5.41) is 4.10. The van der Waals surface area contributed by atoms with Gasteiger partial charge in [-0.25, -0.2) is 4.79 Å². The van der Waals surface area contributed by atoms with Crippen LogP contribution in [-0.2, 0) is 16.1 Å². The first-order chi connectivity index (χ1) is 13.7. The molecule has 28 heavy (non-hydrogen) atoms. The van der Waals surface area contributed by atoms with Crippen molar-refractivity contribution in [2.45, 2.75) is 6.54 Å². The first kappa shape index (κ1) is 17.7. The number of nitrogens with zero attached hydrogens (tertiary/aromatic N) is 2. The number of amides is 1. The van der Waals surface area contributed by atoms with E-state index in [-0.39, 0.29) is 18.2 Å². The molecule has 0 aliphatic carbocycles. The Labute approximate surface area is 162 Å². The molecule has 0 bridgehead atoms. The van der Waals surface area contributed by atoms with Crippen LogP contribution in [0.2, 0.25) is 0 Å². The van der Waals surface area contributed by atoms with E-state index >= 15 is 0 Å². The second-order valence-electron chi connectivity index (χ2n) is 6.44. The predicted octanol–water partition coefficient (Wildman–Crippen LogP) is 3.55. The molecule has 0 fully saturated rings. The first-order valence-electron chi connectivity index (χ1n) is 8.84. The van der Waals surface area contributed by atoms with E-state index in [1.807, 2.05) is 60.7 Å². The average molecular weight is 374 g/mol. The number of aromatic nitrogens is 1. The van der Waals surface area contributed by atoms with E-state index in [2.05, 4.69) is 5.16 Å². The SMILES string of the molecule is COC(=O)C1=Cc2onc(-c3ccccc3)c2C(=O)N(Cc2ccccc2)C1. The van der Waals surface area contributed by atoms with Crippen LogP contribution in [0, 0.1) is 0 Å². The van der Waals surface area contributed by atoms with Gasteiger partial charge in [0.05, 0.1) is 19.2 Å². The number of benzene rings is 2. The fraction of sp³-hybridized carbons (Fsp3) is 0.136. The Morgan fingerprint density at radius 2 is 1.79 bits per heavy atom. The van der Waals surface area contributed by atoms with Crippen LogP contribution in [0.1, 0.15) is 21.7 Å². The fourth-order valence-electron chi connectivity index (χ4n) is 3.23. The highest BCUT2D eigenvalue weighted by atomic mass is 16.5. The van der Waals surface area contributed by atoms with E-state index in [1.165, 1.54) is 7.11 Å². The molecule has 140 valence electrons. The number of carbonyl (C=O) groups excluding carboxylic acids is 2. The highest BCUT2D eigenvalue weighted by molar-refractivity contribution is 6.06. The molecule has 0 spiro atoms. The summed E-state index contributed by atoms with van der Waals surface area (Å²) < 4.78 is 10.3. The summed E-state index contributed by atoms with van der Waals surface area (Å²) in [6.45, 7) is 0.478. The Morgan fingerprint density at radius 1 is 1.11 bits per heavy atom. The summed E-state index contributed by atoms with van der Waals surface area (Å²) in [4.78, 5) is 27.2. The monoisotopic (exact) mass is 374 g/mol. The van der Waals surface area contributed by atoms with E-state index in [0.29, 0.717) is 23.4 Å². The van der Waals surface area contributed by atoms with Crippen molar-refractivity contribution in [2.24, 2.45) is 0 Å². The molecule has 0 saturated heterocycles. The van der Waals surface area contributed by atoms with Crippen LogP contribution in [0.3, 0.4) is 0 Å². The normalized spacial score (nSPS) is 13.5. The Balaban J connectivity index is 1.81. The highest BCUT2D eigenvalue weighted by Crippen LogP contribution is 2.31. The quantitative estimate of drug-likeness (QED) is 0.653. The van der Waals surface area contributed by atoms with Crippen LogP contribution in [-0.4, -0.2) is 35.6 Å². The summed E-state index contributed by atoms with van der Waals surface area (Å²) in [5.41, 5.74) is 2.88. The zero-order valence-electron chi connectivity index (χ0n) is 15.3. The second-order valence-corrected chi connectivity index (χ2v) is 6.44. The van der Waals surface area contributed by atoms with Crippen molar-refractivity contribution in [1.29, 1.82) is 0 Å². The first-order valence-corrected chi connectivity index (χ1v) is 8.84. The lowest BCUT2D eigenvalue weighted by molar-refractivity contribution is -0.136. The Bertz CT molecular complexity index is 1040. The molecule has 0 radical (unpaired) electrons. The molecule has 6 nitrogen and oxygen atoms in total. The van der Waals surface area contributed by atoms with Crippen molar-refractivity contribution in [1.82, 2.24) is 10.1 Å². The number of methoxy groups -OCH3 is 1. The van der Waals surface area contributed by atoms with Gasteiger partial charge < -0.3 is 14.2 Å². The van der Waals surface area contributed by atoms with Gasteiger partial charge in [0, 0.05) is 12.1 Å². The maximum Gasteiger partial charge on any atom is 0.335 e. The minimum atomic E-state index is -0.503. The fourth-order valence-corrected chi connectivity index (χ4v) is 3.23. The van der Waals surface area contributed by atoms with Crippen LogP contribution in [0.4, 0.5) is 0 Å². The van der Waals surface area contributed by atoms with Gasteiger partial charge in [-0.1, -0.05) is 65.8 Å². The van der Waals surface area contributed by atoms with Gasteiger partial charge in [-0.05, 0) is 11.6 Å². The van der Waals surface area contributed by atoms with Gasteiger partial charge in [-0.15, -0.1) is 0 Å². The van der Waals surface area contributed by atoms with E-state index in [4.69, 9.17) is 9.26 Å². The Kier molecular flexibility index (Phi) is 4.76. The molecule has 1 aromatic heterocycles. The molecule has 3 aromatic rings. The standard InChI is InChI=1S/C22H18N2O4/c1-27-22(26)17-12-18-19(20(23-28-18)16-10-6-3-7-11-16)21(25)24(14-17)13-15-8-4-2-5-9-15/h2-12H,13-14H2,1H3. The summed E-state index contributed by atoms with van der Waals surface area (Å²) in [5.74, 6) is -0.481. The number of hydrogen-bond acceptors (Lipinski definition) is 5. The average Bonchev–Trinajstić information content (AvgIpc) is 3.11. The maximum absolute atomic E-state index is 13.4. The van der Waals surface area contributed by atoms with Crippen LogP contribution in [0.15, 0.2) is 70.8 Å². The number of hydrogen-bond donors (Lipinski definition) is 0. The lowest BCUT2D eigenvalue weighted by Crippen LogP contribution is -2.33. The van der Waals surface area contributed by atoms with Crippen LogP contribution < -0.4 is 0 Å². The minimum Gasteiger partial charge on any atom is -0.466 e. The maximum atomic E-state index is 13.4. The molecule has 1 amide bonds. The molecule has 6 heteroatoms. The predicted molar refractivity (Wildman–Crippen MR) is 103 cm³/mol. The summed E-state index contributed by atoms with van der Waals surface area (Å²) in [7, 11) is 1.31. The van der Waals surface area contributed by atoms with Crippen LogP contribution in [0.25, 0.3) is 17.3 Å². The third-order valence-electron chi connectivity index (χ3n) is 4.60. The third-order valence-corrected chi connectivity index (χ3v) is 4.60. The molecule has 0 saturated carbocycles. The largest absolute Gasteiger partial charge is 0.466 e. The van der Waals surface area contributed by atoms with Gasteiger partial charge in [-0.2, -0.15) is 0 Å². The highest BCUT2D eigenvalue weighted by Gasteiger charge is 2.32. The lowest BCUT2D eigenvalue weighted by Gasteiger charge is -2.22. The van der Waals surface area contributed by atoms with Gasteiger partial charge in [-0.3, -0.25) is 4.79 Å². The summed E-state index contributed by atoms with van der Waals surface area (Å²) in [6, 6.07) is 19.0. The summed E-state index contributed by atoms with van der Waals surface area (Å²) >= 11 is 0. The second kappa shape index (κ2) is 7.52. The number of rotatable bonds is 4. The number of ether oxygens (including phenoxy) is 1. The van der Waals surface area contributed by atoms with Crippen molar-refractivity contribution in [3.8, 4) is 11.3 Å². The van der Waals surface area contributed by atoms with Gasteiger partial charge in [0.15, 0.2) is 5.76 Å². The zero-order chi connectivity index (χ0) is 19.5. The van der Waals surface area contributed by atoms with E-state index < -0.39 is 5.97 Å². The molecule has 0 unspecified atom stereocenters. The van der Waals surface area contributed by atoms with E-state index in [0.717, 1.165) is 11.1 Å². The van der Waals surface area contributed by atoms with Gasteiger partial charge >= 0.3 is 5.97 Å². The number of carbonyl (C=O) groups is 2. The van der Waals surface area contributed by atoms with Gasteiger partial charge in [0.2, 0.25) is 0 Å². The molecular weight excluding hydrogens is 356 g/mol. The van der Waals surface area contributed by atoms with E-state index in [9.17, 15) is 9.59 Å². The smallest absolute Gasteiger partial charge is 0.335 e. The molecule has 1 aliphatic heterocycles. The van der Waals surface area contributed by atoms with Gasteiger partial charge in [0.25, 0.3) is 5.91 Å². The summed E-state index contributed by atoms with van der Waals surface area (Å²) in [6.07, 6.45) is 1.55. The van der Waals surface area contributed by atoms with Crippen molar-refractivity contribution < 1.29 is 18.8 Å². The third kappa shape index (κ3) is 3.32. The van der Waals surface area contributed by atoms with Gasteiger partial charge in [0.1, 0.15) is 11.3 Å². The molecule has 4 rings (SSSR count). The minimum absolute atomic E-state index is 0.124. The topological polar surface area (TPSA) is 72.6 Å². The van der Waals surface area contributed by atoms with Crippen molar-refractivity contribution in [3.63, 3.8) is 0 Å². The van der Waals surface area contributed by atoms with Crippen molar-refractivity contribution >= 4 is 18.0 Å². The molecule has 2 heterocycles. The Hall–Kier alpha value is -3.67. The molecule has 2 aromatic carbocycles. The number of esters is 1. The molecule has 0 atom stereocenters. The molecular formula is C22H18N2O4. The van der Waals surface area contributed by atoms with Crippen molar-refractivity contribution in [2.75, 3.05) is 13.7 Å². The number of fused-ring (bicyclic) bond motifs is 1. The Morgan fingerprint density at radius 3 is 2.46 bits per heavy atom.